The van der Waals surface area contributed by atoms with E-state index in [1.54, 1.807) is 24.3 Å². The summed E-state index contributed by atoms with van der Waals surface area (Å²) in [5.74, 6) is 0. The summed E-state index contributed by atoms with van der Waals surface area (Å²) in [4.78, 5) is 0.286. The van der Waals surface area contributed by atoms with Crippen LogP contribution in [0.1, 0.15) is 16.7 Å². The van der Waals surface area contributed by atoms with Gasteiger partial charge in [-0.2, -0.15) is 0 Å². The number of rotatable bonds is 6. The van der Waals surface area contributed by atoms with E-state index < -0.39 is 10.0 Å². The molecule has 0 unspecified atom stereocenters. The summed E-state index contributed by atoms with van der Waals surface area (Å²) >= 11 is 0. The maximum absolute atomic E-state index is 12.3. The van der Waals surface area contributed by atoms with Gasteiger partial charge in [-0.1, -0.05) is 48.0 Å². The zero-order chi connectivity index (χ0) is 15.3. The van der Waals surface area contributed by atoms with E-state index in [0.717, 1.165) is 23.1 Å². The van der Waals surface area contributed by atoms with Crippen LogP contribution in [0.3, 0.4) is 0 Å². The highest BCUT2D eigenvalue weighted by molar-refractivity contribution is 7.89. The highest BCUT2D eigenvalue weighted by atomic mass is 32.2. The lowest BCUT2D eigenvalue weighted by Gasteiger charge is -2.10. The molecule has 0 bridgehead atoms. The third kappa shape index (κ3) is 4.03. The van der Waals surface area contributed by atoms with E-state index in [4.69, 9.17) is 0 Å². The number of aryl methyl sites for hydroxylation is 1. The van der Waals surface area contributed by atoms with Gasteiger partial charge in [0.25, 0.3) is 0 Å². The van der Waals surface area contributed by atoms with E-state index in [-0.39, 0.29) is 11.4 Å². The summed E-state index contributed by atoms with van der Waals surface area (Å²) in [6, 6.07) is 14.6. The second-order valence-corrected chi connectivity index (χ2v) is 6.67. The smallest absolute Gasteiger partial charge is 0.207 e. The molecule has 0 spiro atoms. The second kappa shape index (κ2) is 6.70. The maximum Gasteiger partial charge on any atom is 0.240 e. The summed E-state index contributed by atoms with van der Waals surface area (Å²) in [5.41, 5.74) is 3.08. The van der Waals surface area contributed by atoms with Crippen LogP contribution < -0.4 is 4.72 Å². The minimum absolute atomic E-state index is 0.278. The van der Waals surface area contributed by atoms with E-state index in [1.165, 1.54) is 0 Å². The maximum atomic E-state index is 12.3. The van der Waals surface area contributed by atoms with Gasteiger partial charge in [-0.15, -0.1) is 6.58 Å². The molecule has 2 rings (SSSR count). The van der Waals surface area contributed by atoms with Crippen molar-refractivity contribution in [3.05, 3.63) is 77.9 Å². The number of hydrogen-bond acceptors (Lipinski definition) is 2. The SMILES string of the molecule is C=CCc1ccccc1CNS(=O)(=O)c1ccc(C)cc1. The Hall–Kier alpha value is -1.91. The molecule has 0 saturated carbocycles. The van der Waals surface area contributed by atoms with Crippen molar-refractivity contribution in [2.45, 2.75) is 24.8 Å². The second-order valence-electron chi connectivity index (χ2n) is 4.90. The van der Waals surface area contributed by atoms with Crippen LogP contribution in [-0.2, 0) is 23.0 Å². The van der Waals surface area contributed by atoms with Crippen molar-refractivity contribution in [2.24, 2.45) is 0 Å². The fourth-order valence-corrected chi connectivity index (χ4v) is 3.06. The standard InChI is InChI=1S/C17H19NO2S/c1-3-6-15-7-4-5-8-16(15)13-18-21(19,20)17-11-9-14(2)10-12-17/h3-5,7-12,18H,1,6,13H2,2H3. The molecule has 0 saturated heterocycles. The van der Waals surface area contributed by atoms with Gasteiger partial charge >= 0.3 is 0 Å². The molecule has 4 heteroatoms. The van der Waals surface area contributed by atoms with Crippen LogP contribution in [0.5, 0.6) is 0 Å². The van der Waals surface area contributed by atoms with E-state index in [1.807, 2.05) is 37.3 Å². The minimum Gasteiger partial charge on any atom is -0.207 e. The Morgan fingerprint density at radius 1 is 1.05 bits per heavy atom. The largest absolute Gasteiger partial charge is 0.240 e. The van der Waals surface area contributed by atoms with Crippen molar-refractivity contribution in [1.82, 2.24) is 4.72 Å². The first kappa shape index (κ1) is 15.5. The molecule has 0 fully saturated rings. The van der Waals surface area contributed by atoms with Gasteiger partial charge in [0.2, 0.25) is 10.0 Å². The van der Waals surface area contributed by atoms with Gasteiger partial charge in [-0.05, 0) is 36.6 Å². The van der Waals surface area contributed by atoms with Gasteiger partial charge in [0.1, 0.15) is 0 Å². The number of nitrogens with one attached hydrogen (secondary N) is 1. The summed E-state index contributed by atoms with van der Waals surface area (Å²) < 4.78 is 27.2. The monoisotopic (exact) mass is 301 g/mol. The molecule has 0 atom stereocenters. The molecule has 0 radical (unpaired) electrons. The van der Waals surface area contributed by atoms with Gasteiger partial charge in [0.15, 0.2) is 0 Å². The molecule has 1 N–H and O–H groups in total. The third-order valence-electron chi connectivity index (χ3n) is 3.27. The van der Waals surface area contributed by atoms with E-state index in [0.29, 0.717) is 0 Å². The van der Waals surface area contributed by atoms with Crippen LogP contribution in [0.25, 0.3) is 0 Å². The summed E-state index contributed by atoms with van der Waals surface area (Å²) in [7, 11) is -3.48. The first-order valence-electron chi connectivity index (χ1n) is 6.77. The van der Waals surface area contributed by atoms with Gasteiger partial charge in [0, 0.05) is 6.54 Å². The van der Waals surface area contributed by atoms with Crippen LogP contribution in [-0.4, -0.2) is 8.42 Å². The highest BCUT2D eigenvalue weighted by Gasteiger charge is 2.13. The molecule has 0 aromatic heterocycles. The molecule has 21 heavy (non-hydrogen) atoms. The molecule has 0 heterocycles. The highest BCUT2D eigenvalue weighted by Crippen LogP contribution is 2.13. The van der Waals surface area contributed by atoms with Crippen molar-refractivity contribution in [3.8, 4) is 0 Å². The van der Waals surface area contributed by atoms with Crippen LogP contribution >= 0.6 is 0 Å². The van der Waals surface area contributed by atoms with Crippen LogP contribution in [0.2, 0.25) is 0 Å². The fraction of sp³-hybridized carbons (Fsp3) is 0.176. The average Bonchev–Trinajstić information content (AvgIpc) is 2.47. The van der Waals surface area contributed by atoms with Gasteiger partial charge < -0.3 is 0 Å². The Morgan fingerprint density at radius 3 is 2.29 bits per heavy atom. The van der Waals surface area contributed by atoms with E-state index >= 15 is 0 Å². The number of benzene rings is 2. The van der Waals surface area contributed by atoms with Crippen molar-refractivity contribution in [3.63, 3.8) is 0 Å². The Morgan fingerprint density at radius 2 is 1.67 bits per heavy atom. The van der Waals surface area contributed by atoms with Crippen molar-refractivity contribution >= 4 is 10.0 Å². The molecule has 3 nitrogen and oxygen atoms in total. The van der Waals surface area contributed by atoms with Crippen molar-refractivity contribution < 1.29 is 8.42 Å². The molecule has 0 amide bonds. The first-order chi connectivity index (χ1) is 10.0. The molecule has 2 aromatic carbocycles. The van der Waals surface area contributed by atoms with Gasteiger partial charge in [-0.25, -0.2) is 13.1 Å². The molecule has 0 aliphatic carbocycles. The number of allylic oxidation sites excluding steroid dienone is 1. The summed E-state index contributed by atoms with van der Waals surface area (Å²) in [5, 5.41) is 0. The van der Waals surface area contributed by atoms with Gasteiger partial charge in [-0.3, -0.25) is 0 Å². The molecular weight excluding hydrogens is 282 g/mol. The fourth-order valence-electron chi connectivity index (χ4n) is 2.06. The first-order valence-corrected chi connectivity index (χ1v) is 8.25. The number of hydrogen-bond donors (Lipinski definition) is 1. The zero-order valence-electron chi connectivity index (χ0n) is 12.0. The topological polar surface area (TPSA) is 46.2 Å². The molecule has 0 aliphatic rings. The zero-order valence-corrected chi connectivity index (χ0v) is 12.9. The lowest BCUT2D eigenvalue weighted by molar-refractivity contribution is 0.581. The van der Waals surface area contributed by atoms with E-state index in [2.05, 4.69) is 11.3 Å². The molecule has 0 aliphatic heterocycles. The Kier molecular flexibility index (Phi) is 4.94. The van der Waals surface area contributed by atoms with Gasteiger partial charge in [0.05, 0.1) is 4.90 Å². The predicted molar refractivity (Wildman–Crippen MR) is 85.5 cm³/mol. The van der Waals surface area contributed by atoms with Crippen LogP contribution in [0, 0.1) is 6.92 Å². The number of sulfonamides is 1. The average molecular weight is 301 g/mol. The third-order valence-corrected chi connectivity index (χ3v) is 4.68. The van der Waals surface area contributed by atoms with E-state index in [9.17, 15) is 8.42 Å². The Labute approximate surface area is 126 Å². The molecular formula is C17H19NO2S. The summed E-state index contributed by atoms with van der Waals surface area (Å²) in [6.07, 6.45) is 2.54. The summed E-state index contributed by atoms with van der Waals surface area (Å²) in [6.45, 7) is 5.93. The van der Waals surface area contributed by atoms with Crippen molar-refractivity contribution in [2.75, 3.05) is 0 Å². The van der Waals surface area contributed by atoms with Crippen molar-refractivity contribution in [1.29, 1.82) is 0 Å². The lowest BCUT2D eigenvalue weighted by Crippen LogP contribution is -2.23. The quantitative estimate of drug-likeness (QED) is 0.833. The minimum atomic E-state index is -3.48. The molecule has 110 valence electrons. The normalized spacial score (nSPS) is 11.3. The predicted octanol–water partition coefficient (Wildman–Crippen LogP) is 3.20. The Bertz CT molecular complexity index is 719. The Balaban J connectivity index is 2.15. The van der Waals surface area contributed by atoms with Crippen LogP contribution in [0.15, 0.2) is 66.1 Å². The molecule has 2 aromatic rings. The van der Waals surface area contributed by atoms with Crippen LogP contribution in [0.4, 0.5) is 0 Å². The lowest BCUT2D eigenvalue weighted by atomic mass is 10.1.